The van der Waals surface area contributed by atoms with Gasteiger partial charge in [0, 0.05) is 36.7 Å². The Bertz CT molecular complexity index is 982. The van der Waals surface area contributed by atoms with Gasteiger partial charge in [0.25, 0.3) is 5.69 Å². The summed E-state index contributed by atoms with van der Waals surface area (Å²) in [5.41, 5.74) is 2.93. The molecule has 3 atom stereocenters. The van der Waals surface area contributed by atoms with Crippen molar-refractivity contribution in [3.05, 3.63) is 124 Å². The summed E-state index contributed by atoms with van der Waals surface area (Å²) in [6.07, 6.45) is 2.26. The van der Waals surface area contributed by atoms with Gasteiger partial charge >= 0.3 is 0 Å². The van der Waals surface area contributed by atoms with Crippen molar-refractivity contribution < 1.29 is 10.0 Å². The standard InChI is InChI=1S/C28H32N2O3/c1-3-4-17-26(25-18-11-12-19-27(25)30(32)33)28(31)22(2)29(20-23-13-7-5-8-14-23)21-24-15-9-6-10-16-24/h3,5-16,18-19,22,26,28,31H,1,4,17,20-21H2,2H3/t22-,26?,28+/m0/s1. The van der Waals surface area contributed by atoms with Gasteiger partial charge in [0.05, 0.1) is 11.0 Å². The molecular formula is C28H32N2O3. The first-order valence-corrected chi connectivity index (χ1v) is 11.4. The van der Waals surface area contributed by atoms with Gasteiger partial charge in [-0.25, -0.2) is 0 Å². The number of aliphatic hydroxyl groups is 1. The van der Waals surface area contributed by atoms with Crippen LogP contribution in [0.3, 0.4) is 0 Å². The summed E-state index contributed by atoms with van der Waals surface area (Å²) in [7, 11) is 0. The van der Waals surface area contributed by atoms with Crippen LogP contribution in [-0.4, -0.2) is 27.1 Å². The largest absolute Gasteiger partial charge is 0.391 e. The van der Waals surface area contributed by atoms with E-state index < -0.39 is 6.10 Å². The van der Waals surface area contributed by atoms with Gasteiger partial charge in [-0.05, 0) is 30.9 Å². The molecule has 172 valence electrons. The topological polar surface area (TPSA) is 66.6 Å². The SMILES string of the molecule is C=CCCC(c1ccccc1[N+](=O)[O-])[C@H](O)[C@H](C)N(Cc1ccccc1)Cc1ccccc1. The highest BCUT2D eigenvalue weighted by Crippen LogP contribution is 2.35. The molecule has 0 heterocycles. The quantitative estimate of drug-likeness (QED) is 0.208. The fourth-order valence-electron chi connectivity index (χ4n) is 4.31. The van der Waals surface area contributed by atoms with Crippen LogP contribution < -0.4 is 0 Å². The number of rotatable bonds is 12. The van der Waals surface area contributed by atoms with Gasteiger partial charge in [-0.2, -0.15) is 0 Å². The van der Waals surface area contributed by atoms with Crippen molar-refractivity contribution in [2.24, 2.45) is 0 Å². The Balaban J connectivity index is 1.93. The molecular weight excluding hydrogens is 412 g/mol. The Kier molecular flexibility index (Phi) is 8.93. The van der Waals surface area contributed by atoms with Crippen molar-refractivity contribution in [1.29, 1.82) is 0 Å². The van der Waals surface area contributed by atoms with Crippen LogP contribution in [0.4, 0.5) is 5.69 Å². The Hall–Kier alpha value is -3.28. The molecule has 0 radical (unpaired) electrons. The number of nitrogens with zero attached hydrogens (tertiary/aromatic N) is 2. The average molecular weight is 445 g/mol. The van der Waals surface area contributed by atoms with E-state index in [1.54, 1.807) is 24.3 Å². The normalized spacial score (nSPS) is 13.9. The molecule has 3 aromatic carbocycles. The fourth-order valence-corrected chi connectivity index (χ4v) is 4.31. The first kappa shape index (κ1) is 24.4. The van der Waals surface area contributed by atoms with Crippen LogP contribution >= 0.6 is 0 Å². The number of nitro groups is 1. The number of aliphatic hydroxyl groups excluding tert-OH is 1. The van der Waals surface area contributed by atoms with Crippen LogP contribution in [-0.2, 0) is 13.1 Å². The van der Waals surface area contributed by atoms with Gasteiger partial charge in [0.15, 0.2) is 0 Å². The summed E-state index contributed by atoms with van der Waals surface area (Å²) in [4.78, 5) is 13.6. The molecule has 5 nitrogen and oxygen atoms in total. The van der Waals surface area contributed by atoms with Gasteiger partial charge in [0.1, 0.15) is 0 Å². The molecule has 0 spiro atoms. The second-order valence-electron chi connectivity index (χ2n) is 8.40. The van der Waals surface area contributed by atoms with Crippen molar-refractivity contribution in [2.45, 2.75) is 50.9 Å². The zero-order valence-corrected chi connectivity index (χ0v) is 19.1. The van der Waals surface area contributed by atoms with Gasteiger partial charge < -0.3 is 5.11 Å². The molecule has 3 aromatic rings. The van der Waals surface area contributed by atoms with Crippen LogP contribution in [0, 0.1) is 10.1 Å². The highest BCUT2D eigenvalue weighted by molar-refractivity contribution is 5.43. The summed E-state index contributed by atoms with van der Waals surface area (Å²) in [5, 5.41) is 23.3. The predicted octanol–water partition coefficient (Wildman–Crippen LogP) is 6.10. The monoisotopic (exact) mass is 444 g/mol. The third-order valence-electron chi connectivity index (χ3n) is 6.15. The first-order chi connectivity index (χ1) is 16.0. The number of benzene rings is 3. The lowest BCUT2D eigenvalue weighted by molar-refractivity contribution is -0.385. The molecule has 0 saturated heterocycles. The molecule has 0 aliphatic carbocycles. The molecule has 0 aromatic heterocycles. The summed E-state index contributed by atoms with van der Waals surface area (Å²) in [6, 6.07) is 26.8. The Morgan fingerprint density at radius 3 is 1.97 bits per heavy atom. The number of nitro benzene ring substituents is 1. The zero-order valence-electron chi connectivity index (χ0n) is 19.1. The van der Waals surface area contributed by atoms with Gasteiger partial charge in [-0.3, -0.25) is 15.0 Å². The Morgan fingerprint density at radius 2 is 1.45 bits per heavy atom. The summed E-state index contributed by atoms with van der Waals surface area (Å²) in [5.74, 6) is -0.381. The van der Waals surface area contributed by atoms with E-state index in [4.69, 9.17) is 0 Å². The highest BCUT2D eigenvalue weighted by Gasteiger charge is 2.33. The minimum Gasteiger partial charge on any atom is -0.391 e. The van der Waals surface area contributed by atoms with E-state index in [0.717, 1.165) is 11.1 Å². The third-order valence-corrected chi connectivity index (χ3v) is 6.15. The minimum absolute atomic E-state index is 0.0514. The lowest BCUT2D eigenvalue weighted by Gasteiger charge is -2.36. The van der Waals surface area contributed by atoms with E-state index in [9.17, 15) is 15.2 Å². The van der Waals surface area contributed by atoms with Gasteiger partial charge in [-0.1, -0.05) is 84.9 Å². The molecule has 0 fully saturated rings. The van der Waals surface area contributed by atoms with Crippen LogP contribution in [0.15, 0.2) is 97.6 Å². The van der Waals surface area contributed by atoms with E-state index in [1.807, 2.05) is 43.3 Å². The third kappa shape index (κ3) is 6.60. The van der Waals surface area contributed by atoms with Crippen LogP contribution in [0.25, 0.3) is 0 Å². The van der Waals surface area contributed by atoms with Crippen molar-refractivity contribution in [2.75, 3.05) is 0 Å². The number of hydrogen-bond acceptors (Lipinski definition) is 4. The molecule has 0 saturated carbocycles. The lowest BCUT2D eigenvalue weighted by Crippen LogP contribution is -2.43. The molecule has 5 heteroatoms. The number of allylic oxidation sites excluding steroid dienone is 1. The highest BCUT2D eigenvalue weighted by atomic mass is 16.6. The maximum Gasteiger partial charge on any atom is 0.272 e. The van der Waals surface area contributed by atoms with E-state index >= 15 is 0 Å². The van der Waals surface area contributed by atoms with E-state index in [-0.39, 0.29) is 22.6 Å². The minimum atomic E-state index is -0.793. The summed E-state index contributed by atoms with van der Waals surface area (Å²) < 4.78 is 0. The molecule has 1 N–H and O–H groups in total. The van der Waals surface area contributed by atoms with E-state index in [0.29, 0.717) is 31.5 Å². The van der Waals surface area contributed by atoms with Crippen LogP contribution in [0.2, 0.25) is 0 Å². The van der Waals surface area contributed by atoms with Crippen molar-refractivity contribution in [3.63, 3.8) is 0 Å². The molecule has 0 amide bonds. The van der Waals surface area contributed by atoms with Crippen LogP contribution in [0.1, 0.15) is 42.4 Å². The molecule has 3 rings (SSSR count). The first-order valence-electron chi connectivity index (χ1n) is 11.4. The van der Waals surface area contributed by atoms with Gasteiger partial charge in [0.2, 0.25) is 0 Å². The van der Waals surface area contributed by atoms with Crippen molar-refractivity contribution >= 4 is 5.69 Å². The predicted molar refractivity (Wildman–Crippen MR) is 133 cm³/mol. The zero-order chi connectivity index (χ0) is 23.6. The fraction of sp³-hybridized carbons (Fsp3) is 0.286. The van der Waals surface area contributed by atoms with Gasteiger partial charge in [-0.15, -0.1) is 6.58 Å². The van der Waals surface area contributed by atoms with Crippen LogP contribution in [0.5, 0.6) is 0 Å². The summed E-state index contributed by atoms with van der Waals surface area (Å²) in [6.45, 7) is 7.15. The summed E-state index contributed by atoms with van der Waals surface area (Å²) >= 11 is 0. The molecule has 0 bridgehead atoms. The molecule has 33 heavy (non-hydrogen) atoms. The number of para-hydroxylation sites is 1. The Labute approximate surface area is 196 Å². The number of hydrogen-bond donors (Lipinski definition) is 1. The second-order valence-corrected chi connectivity index (χ2v) is 8.40. The van der Waals surface area contributed by atoms with Crippen molar-refractivity contribution in [3.8, 4) is 0 Å². The smallest absolute Gasteiger partial charge is 0.272 e. The van der Waals surface area contributed by atoms with Crippen molar-refractivity contribution in [1.82, 2.24) is 4.90 Å². The molecule has 1 unspecified atom stereocenters. The maximum absolute atomic E-state index is 11.7. The molecule has 0 aliphatic rings. The Morgan fingerprint density at radius 1 is 0.939 bits per heavy atom. The second kappa shape index (κ2) is 12.1. The maximum atomic E-state index is 11.7. The molecule has 0 aliphatic heterocycles. The lowest BCUT2D eigenvalue weighted by atomic mass is 9.84. The van der Waals surface area contributed by atoms with E-state index in [2.05, 4.69) is 35.7 Å². The van der Waals surface area contributed by atoms with E-state index in [1.165, 1.54) is 6.07 Å². The average Bonchev–Trinajstić information content (AvgIpc) is 2.84.